The van der Waals surface area contributed by atoms with E-state index >= 15 is 0 Å². The first-order chi connectivity index (χ1) is 33.7. The highest BCUT2D eigenvalue weighted by Crippen LogP contribution is 2.46. The largest absolute Gasteiger partial charge is 0.308 e. The quantitative estimate of drug-likeness (QED) is 0.143. The van der Waals surface area contributed by atoms with Crippen molar-refractivity contribution in [3.8, 4) is 90.2 Å². The molecule has 0 spiro atoms. The second-order valence-corrected chi connectivity index (χ2v) is 18.0. The minimum Gasteiger partial charge on any atom is -0.308 e. The van der Waals surface area contributed by atoms with Crippen LogP contribution in [0.1, 0.15) is 27.8 Å². The second kappa shape index (κ2) is 17.6. The summed E-state index contributed by atoms with van der Waals surface area (Å²) in [6, 6.07) is 72.2. The molecule has 0 aliphatic rings. The van der Waals surface area contributed by atoms with Crippen LogP contribution in [0.15, 0.2) is 200 Å². The van der Waals surface area contributed by atoms with Crippen molar-refractivity contribution in [1.29, 1.82) is 5.26 Å². The maximum absolute atomic E-state index is 9.99. The van der Waals surface area contributed by atoms with Crippen molar-refractivity contribution in [2.75, 3.05) is 0 Å². The first-order valence-corrected chi connectivity index (χ1v) is 23.1. The van der Waals surface area contributed by atoms with Gasteiger partial charge in [0.2, 0.25) is 0 Å². The van der Waals surface area contributed by atoms with E-state index in [2.05, 4.69) is 158 Å². The van der Waals surface area contributed by atoms with Crippen molar-refractivity contribution in [3.63, 3.8) is 0 Å². The Morgan fingerprint density at radius 2 is 0.855 bits per heavy atom. The summed E-state index contributed by atoms with van der Waals surface area (Å²) in [4.78, 5) is 14.4. The van der Waals surface area contributed by atoms with Crippen molar-refractivity contribution in [3.05, 3.63) is 239 Å². The molecule has 0 amide bonds. The Balaban J connectivity index is 1.26. The van der Waals surface area contributed by atoms with Crippen LogP contribution < -0.4 is 0 Å². The summed E-state index contributed by atoms with van der Waals surface area (Å²) in [5, 5.41) is 12.2. The van der Waals surface area contributed by atoms with E-state index < -0.39 is 0 Å². The van der Waals surface area contributed by atoms with Gasteiger partial charge in [0, 0.05) is 38.6 Å². The fourth-order valence-electron chi connectivity index (χ4n) is 9.88. The van der Waals surface area contributed by atoms with Crippen LogP contribution in [0, 0.1) is 45.6 Å². The van der Waals surface area contributed by atoms with E-state index in [-0.39, 0.29) is 0 Å². The number of aryl methyl sites for hydroxylation is 4. The number of fused-ring (bicyclic) bond motifs is 3. The Labute approximate surface area is 402 Å². The Bertz CT molecular complexity index is 3580. The molecule has 2 heterocycles. The predicted octanol–water partition coefficient (Wildman–Crippen LogP) is 16.9. The van der Waals surface area contributed by atoms with E-state index in [1.165, 1.54) is 33.4 Å². The summed E-state index contributed by atoms with van der Waals surface area (Å²) in [5.74, 6) is 0.578. The van der Waals surface area contributed by atoms with E-state index in [9.17, 15) is 5.26 Å². The van der Waals surface area contributed by atoms with E-state index in [4.69, 9.17) is 16.5 Å². The molecule has 326 valence electrons. The third-order valence-electron chi connectivity index (χ3n) is 13.0. The highest BCUT2D eigenvalue weighted by Gasteiger charge is 2.24. The highest BCUT2D eigenvalue weighted by molar-refractivity contribution is 6.13. The summed E-state index contributed by atoms with van der Waals surface area (Å²) in [6.07, 6.45) is 0. The van der Waals surface area contributed by atoms with Gasteiger partial charge in [0.1, 0.15) is 0 Å². The zero-order chi connectivity index (χ0) is 47.2. The molecule has 5 nitrogen and oxygen atoms in total. The van der Waals surface area contributed by atoms with E-state index in [0.29, 0.717) is 17.1 Å². The van der Waals surface area contributed by atoms with Gasteiger partial charge in [0.15, 0.2) is 11.5 Å². The van der Waals surface area contributed by atoms with Crippen molar-refractivity contribution >= 4 is 27.5 Å². The number of benzene rings is 9. The fourth-order valence-corrected chi connectivity index (χ4v) is 9.88. The third-order valence-corrected chi connectivity index (χ3v) is 13.0. The molecule has 69 heavy (non-hydrogen) atoms. The summed E-state index contributed by atoms with van der Waals surface area (Å²) >= 11 is 0. The lowest BCUT2D eigenvalue weighted by Crippen LogP contribution is -2.03. The number of aromatic nitrogens is 3. The van der Waals surface area contributed by atoms with Gasteiger partial charge in [-0.25, -0.2) is 14.8 Å². The zero-order valence-corrected chi connectivity index (χ0v) is 38.8. The minimum atomic E-state index is 0.560. The molecule has 0 atom stereocenters. The van der Waals surface area contributed by atoms with Crippen LogP contribution in [0.4, 0.5) is 5.69 Å². The lowest BCUT2D eigenvalue weighted by atomic mass is 9.92. The maximum atomic E-state index is 9.99. The lowest BCUT2D eigenvalue weighted by molar-refractivity contribution is 1.17. The zero-order valence-electron chi connectivity index (χ0n) is 38.8. The summed E-state index contributed by atoms with van der Waals surface area (Å²) in [5.41, 5.74) is 21.9. The van der Waals surface area contributed by atoms with Crippen molar-refractivity contribution < 1.29 is 0 Å². The van der Waals surface area contributed by atoms with E-state index in [1.54, 1.807) is 0 Å². The molecule has 0 saturated heterocycles. The minimum absolute atomic E-state index is 0.560. The van der Waals surface area contributed by atoms with Gasteiger partial charge in [-0.1, -0.05) is 168 Å². The summed E-state index contributed by atoms with van der Waals surface area (Å²) < 4.78 is 2.41. The first-order valence-electron chi connectivity index (χ1n) is 23.1. The molecular weight excluding hydrogens is 839 g/mol. The Hall–Kier alpha value is -9.16. The lowest BCUT2D eigenvalue weighted by Gasteiger charge is -2.21. The van der Waals surface area contributed by atoms with Gasteiger partial charge in [-0.3, -0.25) is 0 Å². The van der Waals surface area contributed by atoms with Crippen molar-refractivity contribution in [2.45, 2.75) is 27.7 Å². The molecule has 0 N–H and O–H groups in total. The van der Waals surface area contributed by atoms with Crippen LogP contribution in [-0.4, -0.2) is 14.5 Å². The SMILES string of the molecule is [C-]#[N+]c1ccc(-c2cc(-c3nc(-c4ccccc4)cc(-c4ccccc4)n3)cc(-c3ccc(C#N)cc3)c2-n2c3ccc(-c4cc(C)cc(C)c4)cc3c3cc(-c4cc(C)cc(C)c4)ccc32)cc1. The van der Waals surface area contributed by atoms with Crippen molar-refractivity contribution in [1.82, 2.24) is 14.5 Å². The Kier molecular flexibility index (Phi) is 10.8. The summed E-state index contributed by atoms with van der Waals surface area (Å²) in [6.45, 7) is 16.5. The van der Waals surface area contributed by atoms with Crippen LogP contribution in [0.25, 0.3) is 111 Å². The standard InChI is InChI=1S/C64H45N5/c1-40-28-41(2)31-51(30-40)49-22-26-61-57(34-49)58-35-50(52-32-42(3)29-43(4)33-52)23-27-62(58)69(61)63-55(45-18-16-44(39-65)17-19-45)36-53(37-56(63)46-20-24-54(66-5)25-21-46)64-67-59(47-12-8-6-9-13-47)38-60(68-64)48-14-10-7-11-15-48/h6-38H,1-4H3. The average molecular weight is 884 g/mol. The molecule has 9 aromatic carbocycles. The average Bonchev–Trinajstić information content (AvgIpc) is 3.70. The van der Waals surface area contributed by atoms with Crippen LogP contribution in [0.5, 0.6) is 0 Å². The number of nitriles is 1. The van der Waals surface area contributed by atoms with Gasteiger partial charge in [0.05, 0.1) is 46.3 Å². The molecule has 0 fully saturated rings. The van der Waals surface area contributed by atoms with Crippen LogP contribution >= 0.6 is 0 Å². The topological polar surface area (TPSA) is 58.9 Å². The molecule has 2 aromatic heterocycles. The first kappa shape index (κ1) is 42.5. The fraction of sp³-hybridized carbons (Fsp3) is 0.0625. The molecule has 0 aliphatic heterocycles. The molecular formula is C64H45N5. The predicted molar refractivity (Wildman–Crippen MR) is 284 cm³/mol. The number of rotatable bonds is 8. The van der Waals surface area contributed by atoms with Crippen LogP contribution in [0.3, 0.4) is 0 Å². The number of hydrogen-bond donors (Lipinski definition) is 0. The molecule has 0 aliphatic carbocycles. The van der Waals surface area contributed by atoms with E-state index in [1.807, 2.05) is 84.9 Å². The molecule has 0 unspecified atom stereocenters. The van der Waals surface area contributed by atoms with Gasteiger partial charge in [-0.05, 0) is 116 Å². The Morgan fingerprint density at radius 1 is 0.420 bits per heavy atom. The van der Waals surface area contributed by atoms with E-state index in [0.717, 1.165) is 89.0 Å². The monoisotopic (exact) mass is 883 g/mol. The normalized spacial score (nSPS) is 11.2. The molecule has 0 saturated carbocycles. The maximum Gasteiger partial charge on any atom is 0.187 e. The molecule has 11 aromatic rings. The second-order valence-electron chi connectivity index (χ2n) is 18.0. The van der Waals surface area contributed by atoms with Gasteiger partial charge in [-0.2, -0.15) is 5.26 Å². The highest BCUT2D eigenvalue weighted by atomic mass is 15.0. The van der Waals surface area contributed by atoms with Gasteiger partial charge < -0.3 is 4.57 Å². The number of hydrogen-bond acceptors (Lipinski definition) is 3. The molecule has 0 bridgehead atoms. The smallest absolute Gasteiger partial charge is 0.187 e. The molecule has 0 radical (unpaired) electrons. The molecule has 11 rings (SSSR count). The molecule has 5 heteroatoms. The van der Waals surface area contributed by atoms with Gasteiger partial charge in [0.25, 0.3) is 0 Å². The van der Waals surface area contributed by atoms with Crippen LogP contribution in [0.2, 0.25) is 0 Å². The van der Waals surface area contributed by atoms with Crippen LogP contribution in [-0.2, 0) is 0 Å². The van der Waals surface area contributed by atoms with Gasteiger partial charge >= 0.3 is 0 Å². The number of nitrogens with zero attached hydrogens (tertiary/aromatic N) is 5. The Morgan fingerprint density at radius 3 is 1.29 bits per heavy atom. The third kappa shape index (κ3) is 8.14. The van der Waals surface area contributed by atoms with Gasteiger partial charge in [-0.15, -0.1) is 0 Å². The van der Waals surface area contributed by atoms with Crippen molar-refractivity contribution in [2.24, 2.45) is 0 Å². The summed E-state index contributed by atoms with van der Waals surface area (Å²) in [7, 11) is 0.